The third-order valence-electron chi connectivity index (χ3n) is 4.98. The highest BCUT2D eigenvalue weighted by atomic mass is 16.5. The Bertz CT molecular complexity index is 906. The number of aromatic nitrogens is 2. The number of ether oxygens (including phenoxy) is 2. The molecule has 0 spiro atoms. The minimum atomic E-state index is 0.362. The molecule has 0 saturated carbocycles. The fourth-order valence-electron chi connectivity index (χ4n) is 3.11. The van der Waals surface area contributed by atoms with E-state index in [-0.39, 0.29) is 0 Å². The lowest BCUT2D eigenvalue weighted by Crippen LogP contribution is -2.04. The topological polar surface area (TPSA) is 77.6 Å². The van der Waals surface area contributed by atoms with Crippen molar-refractivity contribution in [2.45, 2.75) is 46.5 Å². The molecule has 0 atom stereocenters. The maximum atomic E-state index is 10.4. The van der Waals surface area contributed by atoms with Crippen LogP contribution in [0.1, 0.15) is 44.2 Å². The quantitative estimate of drug-likeness (QED) is 0.416. The van der Waals surface area contributed by atoms with Crippen LogP contribution in [-0.2, 0) is 6.42 Å². The van der Waals surface area contributed by atoms with Crippen LogP contribution in [0.2, 0.25) is 0 Å². The molecule has 6 nitrogen and oxygen atoms in total. The summed E-state index contributed by atoms with van der Waals surface area (Å²) in [7, 11) is 0. The smallest absolute Gasteiger partial charge is 0.247 e. The molecule has 0 radical (unpaired) electrons. The zero-order chi connectivity index (χ0) is 21.3. The zero-order valence-electron chi connectivity index (χ0n) is 17.9. The van der Waals surface area contributed by atoms with E-state index in [1.165, 1.54) is 6.39 Å². The summed E-state index contributed by atoms with van der Waals surface area (Å²) in [6.07, 6.45) is 5.01. The summed E-state index contributed by atoms with van der Waals surface area (Å²) in [6.45, 7) is 7.49. The first-order chi connectivity index (χ1) is 14.5. The van der Waals surface area contributed by atoms with Gasteiger partial charge in [-0.1, -0.05) is 19.9 Å². The van der Waals surface area contributed by atoms with Crippen LogP contribution in [0, 0.1) is 12.8 Å². The average molecular weight is 411 g/mol. The van der Waals surface area contributed by atoms with Crippen molar-refractivity contribution >= 4 is 0 Å². The van der Waals surface area contributed by atoms with Crippen LogP contribution in [-0.4, -0.2) is 28.5 Å². The molecular weight excluding hydrogens is 380 g/mol. The van der Waals surface area contributed by atoms with Gasteiger partial charge in [-0.15, -0.1) is 10.2 Å². The Morgan fingerprint density at radius 2 is 1.73 bits per heavy atom. The molecule has 6 heteroatoms. The van der Waals surface area contributed by atoms with E-state index < -0.39 is 0 Å². The Morgan fingerprint density at radius 3 is 2.40 bits per heavy atom. The third kappa shape index (κ3) is 5.99. The van der Waals surface area contributed by atoms with Crippen LogP contribution in [0.4, 0.5) is 0 Å². The summed E-state index contributed by atoms with van der Waals surface area (Å²) in [5.74, 6) is 3.02. The first-order valence-electron chi connectivity index (χ1n) is 10.5. The molecule has 0 unspecified atom stereocenters. The van der Waals surface area contributed by atoms with E-state index in [4.69, 9.17) is 13.9 Å². The van der Waals surface area contributed by atoms with Gasteiger partial charge in [0.05, 0.1) is 13.2 Å². The maximum Gasteiger partial charge on any atom is 0.247 e. The standard InChI is InChI=1S/C24H30N2O4/c1-17(2)6-7-19-10-13-22(18(3)23(19)27)29-15-5-4-14-28-21-11-8-20(9-12-21)24-26-25-16-30-24/h8-13,16-17,27H,4-7,14-15H2,1-3H3. The minimum Gasteiger partial charge on any atom is -0.507 e. The molecule has 0 fully saturated rings. The van der Waals surface area contributed by atoms with Crippen molar-refractivity contribution in [3.63, 3.8) is 0 Å². The predicted octanol–water partition coefficient (Wildman–Crippen LogP) is 5.58. The highest BCUT2D eigenvalue weighted by Gasteiger charge is 2.10. The number of benzene rings is 2. The summed E-state index contributed by atoms with van der Waals surface area (Å²) in [5, 5.41) is 18.0. The second-order valence-corrected chi connectivity index (χ2v) is 7.80. The molecule has 0 aliphatic heterocycles. The Morgan fingerprint density at radius 1 is 1.00 bits per heavy atom. The van der Waals surface area contributed by atoms with Crippen LogP contribution in [0.15, 0.2) is 47.2 Å². The van der Waals surface area contributed by atoms with Gasteiger partial charge in [0.1, 0.15) is 17.2 Å². The van der Waals surface area contributed by atoms with Crippen molar-refractivity contribution < 1.29 is 19.0 Å². The van der Waals surface area contributed by atoms with Gasteiger partial charge < -0.3 is 19.0 Å². The van der Waals surface area contributed by atoms with Crippen molar-refractivity contribution in [2.24, 2.45) is 5.92 Å². The molecule has 0 bridgehead atoms. The number of phenols is 1. The summed E-state index contributed by atoms with van der Waals surface area (Å²) >= 11 is 0. The Kier molecular flexibility index (Phi) is 7.71. The zero-order valence-corrected chi connectivity index (χ0v) is 17.9. The van der Waals surface area contributed by atoms with Crippen LogP contribution in [0.3, 0.4) is 0 Å². The Balaban J connectivity index is 1.37. The fourth-order valence-corrected chi connectivity index (χ4v) is 3.11. The van der Waals surface area contributed by atoms with Gasteiger partial charge in [0.25, 0.3) is 0 Å². The number of unbranched alkanes of at least 4 members (excludes halogenated alkanes) is 1. The lowest BCUT2D eigenvalue weighted by atomic mass is 10.00. The summed E-state index contributed by atoms with van der Waals surface area (Å²) in [6, 6.07) is 11.5. The molecule has 0 amide bonds. The second-order valence-electron chi connectivity index (χ2n) is 7.80. The lowest BCUT2D eigenvalue weighted by Gasteiger charge is -2.14. The number of rotatable bonds is 11. The van der Waals surface area contributed by atoms with E-state index in [0.717, 1.165) is 53.9 Å². The van der Waals surface area contributed by atoms with Crippen molar-refractivity contribution in [1.82, 2.24) is 10.2 Å². The normalized spacial score (nSPS) is 11.1. The van der Waals surface area contributed by atoms with Gasteiger partial charge in [-0.05, 0) is 74.4 Å². The van der Waals surface area contributed by atoms with Crippen LogP contribution in [0.25, 0.3) is 11.5 Å². The van der Waals surface area contributed by atoms with E-state index in [1.807, 2.05) is 43.3 Å². The molecule has 2 aromatic carbocycles. The fraction of sp³-hybridized carbons (Fsp3) is 0.417. The average Bonchev–Trinajstić information content (AvgIpc) is 3.28. The number of phenolic OH excluding ortho intramolecular Hbond substituents is 1. The Labute approximate surface area is 177 Å². The van der Waals surface area contributed by atoms with Crippen LogP contribution >= 0.6 is 0 Å². The molecule has 0 aliphatic rings. The predicted molar refractivity (Wildman–Crippen MR) is 116 cm³/mol. The van der Waals surface area contributed by atoms with Crippen molar-refractivity contribution in [3.8, 4) is 28.7 Å². The molecule has 0 saturated heterocycles. The summed E-state index contributed by atoms with van der Waals surface area (Å²) in [4.78, 5) is 0. The van der Waals surface area contributed by atoms with Crippen molar-refractivity contribution in [1.29, 1.82) is 0 Å². The minimum absolute atomic E-state index is 0.362. The largest absolute Gasteiger partial charge is 0.507 e. The molecule has 1 heterocycles. The van der Waals surface area contributed by atoms with Gasteiger partial charge in [0, 0.05) is 11.1 Å². The molecule has 1 N–H and O–H groups in total. The number of hydrogen-bond acceptors (Lipinski definition) is 6. The van der Waals surface area contributed by atoms with Gasteiger partial charge in [0.15, 0.2) is 0 Å². The maximum absolute atomic E-state index is 10.4. The number of nitrogens with zero attached hydrogens (tertiary/aromatic N) is 2. The number of hydrogen-bond donors (Lipinski definition) is 1. The van der Waals surface area contributed by atoms with E-state index in [1.54, 1.807) is 0 Å². The second kappa shape index (κ2) is 10.7. The van der Waals surface area contributed by atoms with Crippen LogP contribution in [0.5, 0.6) is 17.2 Å². The SMILES string of the molecule is Cc1c(OCCCCOc2ccc(-c3nnco3)cc2)ccc(CCC(C)C)c1O. The molecule has 160 valence electrons. The van der Waals surface area contributed by atoms with Gasteiger partial charge in [0.2, 0.25) is 12.3 Å². The molecule has 1 aromatic heterocycles. The molecule has 30 heavy (non-hydrogen) atoms. The molecule has 3 rings (SSSR count). The van der Waals surface area contributed by atoms with Gasteiger partial charge in [-0.2, -0.15) is 0 Å². The number of aromatic hydroxyl groups is 1. The first kappa shape index (κ1) is 21.7. The van der Waals surface area contributed by atoms with Crippen molar-refractivity contribution in [3.05, 3.63) is 53.9 Å². The monoisotopic (exact) mass is 410 g/mol. The summed E-state index contributed by atoms with van der Waals surface area (Å²) in [5.41, 5.74) is 2.67. The van der Waals surface area contributed by atoms with Gasteiger partial charge in [-0.3, -0.25) is 0 Å². The molecular formula is C24H30N2O4. The lowest BCUT2D eigenvalue weighted by molar-refractivity contribution is 0.265. The first-order valence-corrected chi connectivity index (χ1v) is 10.5. The van der Waals surface area contributed by atoms with E-state index in [0.29, 0.717) is 30.8 Å². The third-order valence-corrected chi connectivity index (χ3v) is 4.98. The molecule has 3 aromatic rings. The van der Waals surface area contributed by atoms with Gasteiger partial charge >= 0.3 is 0 Å². The Hall–Kier alpha value is -3.02. The van der Waals surface area contributed by atoms with E-state index in [9.17, 15) is 5.11 Å². The van der Waals surface area contributed by atoms with Gasteiger partial charge in [-0.25, -0.2) is 0 Å². The highest BCUT2D eigenvalue weighted by molar-refractivity contribution is 5.53. The number of aryl methyl sites for hydroxylation is 1. The molecule has 0 aliphatic carbocycles. The van der Waals surface area contributed by atoms with E-state index >= 15 is 0 Å². The highest BCUT2D eigenvalue weighted by Crippen LogP contribution is 2.32. The van der Waals surface area contributed by atoms with E-state index in [2.05, 4.69) is 24.0 Å². The summed E-state index contributed by atoms with van der Waals surface area (Å²) < 4.78 is 16.8. The van der Waals surface area contributed by atoms with Crippen LogP contribution < -0.4 is 9.47 Å². The van der Waals surface area contributed by atoms with Crippen molar-refractivity contribution in [2.75, 3.05) is 13.2 Å².